The Hall–Kier alpha value is 0.350. The number of rotatable bonds is 1. The van der Waals surface area contributed by atoms with Crippen LogP contribution in [0.15, 0.2) is 0 Å². The monoisotopic (exact) mass is 191 g/mol. The Labute approximate surface area is 78.5 Å². The Morgan fingerprint density at radius 1 is 1.08 bits per heavy atom. The number of nitrogens with zero attached hydrogens (tertiary/aromatic N) is 1. The molecule has 0 heterocycles. The van der Waals surface area contributed by atoms with Crippen molar-refractivity contribution in [3.05, 3.63) is 0 Å². The van der Waals surface area contributed by atoms with Crippen molar-refractivity contribution in [1.82, 2.24) is 5.06 Å². The lowest BCUT2D eigenvalue weighted by Crippen LogP contribution is -2.48. The van der Waals surface area contributed by atoms with Crippen molar-refractivity contribution < 1.29 is 5.21 Å². The van der Waals surface area contributed by atoms with Crippen molar-refractivity contribution in [3.63, 3.8) is 0 Å². The lowest BCUT2D eigenvalue weighted by atomic mass is 9.94. The highest BCUT2D eigenvalue weighted by Crippen LogP contribution is 2.32. The van der Waals surface area contributed by atoms with E-state index in [1.807, 2.05) is 20.8 Å². The van der Waals surface area contributed by atoms with Crippen LogP contribution >= 0.6 is 9.24 Å². The molecule has 1 N–H and O–H groups in total. The quantitative estimate of drug-likeness (QED) is 0.509. The van der Waals surface area contributed by atoms with Gasteiger partial charge in [0, 0.05) is 5.54 Å². The van der Waals surface area contributed by atoms with Crippen molar-refractivity contribution >= 4 is 9.24 Å². The Morgan fingerprint density at radius 2 is 1.42 bits per heavy atom. The standard InChI is InChI=1S/C9H22NOP/c1-8(2,3)7(12)10(11)9(4,5)6/h7,11H,12H2,1-6H3. The molecule has 0 rings (SSSR count). The molecule has 2 atom stereocenters. The van der Waals surface area contributed by atoms with Crippen molar-refractivity contribution in [3.8, 4) is 0 Å². The molecule has 0 saturated heterocycles. The van der Waals surface area contributed by atoms with E-state index in [1.165, 1.54) is 5.06 Å². The van der Waals surface area contributed by atoms with Gasteiger partial charge in [-0.05, 0) is 26.2 Å². The molecule has 0 fully saturated rings. The molecule has 0 radical (unpaired) electrons. The van der Waals surface area contributed by atoms with E-state index in [-0.39, 0.29) is 16.7 Å². The van der Waals surface area contributed by atoms with Crippen molar-refractivity contribution in [1.29, 1.82) is 0 Å². The first kappa shape index (κ1) is 12.3. The van der Waals surface area contributed by atoms with E-state index < -0.39 is 0 Å². The molecule has 0 amide bonds. The SMILES string of the molecule is CC(C)(C)C(P)N(O)C(C)(C)C. The third kappa shape index (κ3) is 3.38. The molecule has 0 aromatic heterocycles. The summed E-state index contributed by atoms with van der Waals surface area (Å²) in [6.07, 6.45) is 0. The maximum absolute atomic E-state index is 9.80. The van der Waals surface area contributed by atoms with E-state index >= 15 is 0 Å². The van der Waals surface area contributed by atoms with Gasteiger partial charge in [0.15, 0.2) is 0 Å². The van der Waals surface area contributed by atoms with E-state index in [9.17, 15) is 5.21 Å². The molecule has 2 nitrogen and oxygen atoms in total. The van der Waals surface area contributed by atoms with Gasteiger partial charge in [-0.1, -0.05) is 20.8 Å². The fourth-order valence-electron chi connectivity index (χ4n) is 0.784. The Bertz CT molecular complexity index is 128. The van der Waals surface area contributed by atoms with E-state index in [0.29, 0.717) is 0 Å². The van der Waals surface area contributed by atoms with Gasteiger partial charge >= 0.3 is 0 Å². The fourth-order valence-corrected chi connectivity index (χ4v) is 1.23. The van der Waals surface area contributed by atoms with E-state index in [4.69, 9.17) is 0 Å². The lowest BCUT2D eigenvalue weighted by molar-refractivity contribution is -0.183. The topological polar surface area (TPSA) is 23.5 Å². The van der Waals surface area contributed by atoms with Gasteiger partial charge < -0.3 is 5.21 Å². The minimum absolute atomic E-state index is 0.0761. The summed E-state index contributed by atoms with van der Waals surface area (Å²) >= 11 is 0. The zero-order valence-electron chi connectivity index (χ0n) is 9.05. The Balaban J connectivity index is 4.41. The summed E-state index contributed by atoms with van der Waals surface area (Å²) < 4.78 is 0. The average molecular weight is 191 g/mol. The van der Waals surface area contributed by atoms with Crippen LogP contribution in [0.4, 0.5) is 0 Å². The number of hydrogen-bond acceptors (Lipinski definition) is 2. The zero-order chi connectivity index (χ0) is 10.2. The summed E-state index contributed by atoms with van der Waals surface area (Å²) in [7, 11) is 2.68. The molecule has 2 unspecified atom stereocenters. The molecule has 0 aliphatic rings. The molecule has 0 aliphatic heterocycles. The minimum Gasteiger partial charge on any atom is -0.313 e. The summed E-state index contributed by atoms with van der Waals surface area (Å²) in [5.74, 6) is 0.0810. The maximum Gasteiger partial charge on any atom is 0.0543 e. The van der Waals surface area contributed by atoms with Gasteiger partial charge in [-0.25, -0.2) is 0 Å². The predicted octanol–water partition coefficient (Wildman–Crippen LogP) is 2.72. The number of hydroxylamine groups is 2. The van der Waals surface area contributed by atoms with Crippen LogP contribution in [0.5, 0.6) is 0 Å². The van der Waals surface area contributed by atoms with Gasteiger partial charge in [0.2, 0.25) is 0 Å². The highest BCUT2D eigenvalue weighted by atomic mass is 31.0. The molecule has 0 bridgehead atoms. The van der Waals surface area contributed by atoms with Gasteiger partial charge in [-0.2, -0.15) is 5.06 Å². The smallest absolute Gasteiger partial charge is 0.0543 e. The van der Waals surface area contributed by atoms with Crippen LogP contribution < -0.4 is 0 Å². The summed E-state index contributed by atoms with van der Waals surface area (Å²) in [6, 6.07) is 0. The van der Waals surface area contributed by atoms with Crippen molar-refractivity contribution in [2.45, 2.75) is 52.9 Å². The normalized spacial score (nSPS) is 16.8. The second-order valence-corrected chi connectivity index (χ2v) is 5.96. The van der Waals surface area contributed by atoms with Gasteiger partial charge in [-0.15, -0.1) is 9.24 Å². The molecule has 0 aromatic rings. The Morgan fingerprint density at radius 3 is 1.50 bits per heavy atom. The molecule has 0 aliphatic carbocycles. The molecule has 12 heavy (non-hydrogen) atoms. The van der Waals surface area contributed by atoms with Gasteiger partial charge in [0.05, 0.1) is 5.78 Å². The molecule has 74 valence electrons. The van der Waals surface area contributed by atoms with E-state index in [0.717, 1.165) is 0 Å². The average Bonchev–Trinajstić information content (AvgIpc) is 1.80. The van der Waals surface area contributed by atoms with Crippen LogP contribution in [0.1, 0.15) is 41.5 Å². The van der Waals surface area contributed by atoms with Crippen LogP contribution in [0.3, 0.4) is 0 Å². The first-order chi connectivity index (χ1) is 5.07. The van der Waals surface area contributed by atoms with Crippen LogP contribution in [0.2, 0.25) is 0 Å². The van der Waals surface area contributed by atoms with Gasteiger partial charge in [0.1, 0.15) is 0 Å². The third-order valence-electron chi connectivity index (χ3n) is 1.84. The zero-order valence-corrected chi connectivity index (χ0v) is 10.2. The first-order valence-electron chi connectivity index (χ1n) is 4.30. The van der Waals surface area contributed by atoms with Crippen molar-refractivity contribution in [2.24, 2.45) is 5.41 Å². The molecular formula is C9H22NOP. The minimum atomic E-state index is -0.195. The predicted molar refractivity (Wildman–Crippen MR) is 56.3 cm³/mol. The van der Waals surface area contributed by atoms with E-state index in [1.54, 1.807) is 0 Å². The van der Waals surface area contributed by atoms with Crippen LogP contribution in [-0.2, 0) is 0 Å². The highest BCUT2D eigenvalue weighted by molar-refractivity contribution is 7.17. The summed E-state index contributed by atoms with van der Waals surface area (Å²) in [5, 5.41) is 11.2. The Kier molecular flexibility index (Phi) is 3.72. The molecular weight excluding hydrogens is 169 g/mol. The van der Waals surface area contributed by atoms with E-state index in [2.05, 4.69) is 30.0 Å². The van der Waals surface area contributed by atoms with Crippen LogP contribution in [0.25, 0.3) is 0 Å². The van der Waals surface area contributed by atoms with Crippen molar-refractivity contribution in [2.75, 3.05) is 0 Å². The molecule has 0 spiro atoms. The van der Waals surface area contributed by atoms with Gasteiger partial charge in [0.25, 0.3) is 0 Å². The first-order valence-corrected chi connectivity index (χ1v) is 4.97. The summed E-state index contributed by atoms with van der Waals surface area (Å²) in [4.78, 5) is 0. The lowest BCUT2D eigenvalue weighted by Gasteiger charge is -2.40. The maximum atomic E-state index is 9.80. The van der Waals surface area contributed by atoms with Crippen LogP contribution in [0, 0.1) is 5.41 Å². The summed E-state index contributed by atoms with van der Waals surface area (Å²) in [5.41, 5.74) is -0.119. The largest absolute Gasteiger partial charge is 0.313 e. The molecule has 0 aromatic carbocycles. The second-order valence-electron chi connectivity index (χ2n) is 5.33. The fraction of sp³-hybridized carbons (Fsp3) is 1.00. The molecule has 0 saturated carbocycles. The summed E-state index contributed by atoms with van der Waals surface area (Å²) in [6.45, 7) is 12.3. The highest BCUT2D eigenvalue weighted by Gasteiger charge is 2.32. The number of hydrogen-bond donors (Lipinski definition) is 1. The second kappa shape index (κ2) is 3.61. The van der Waals surface area contributed by atoms with Crippen LogP contribution in [-0.4, -0.2) is 21.6 Å². The third-order valence-corrected chi connectivity index (χ3v) is 3.12. The molecule has 3 heteroatoms. The van der Waals surface area contributed by atoms with Gasteiger partial charge in [-0.3, -0.25) is 0 Å².